The molecule has 0 saturated heterocycles. The van der Waals surface area contributed by atoms with Gasteiger partial charge in [-0.3, -0.25) is 20.1 Å². The van der Waals surface area contributed by atoms with E-state index in [0.717, 1.165) is 11.4 Å². The number of hydrogen-bond donors (Lipinski definition) is 2. The van der Waals surface area contributed by atoms with Gasteiger partial charge in [-0.15, -0.1) is 0 Å². The van der Waals surface area contributed by atoms with Crippen molar-refractivity contribution in [2.45, 2.75) is 33.4 Å². The molecule has 0 amide bonds. The molecule has 0 aliphatic rings. The maximum atomic E-state index is 10.9. The van der Waals surface area contributed by atoms with E-state index in [4.69, 9.17) is 5.11 Å². The van der Waals surface area contributed by atoms with Gasteiger partial charge in [0, 0.05) is 18.9 Å². The van der Waals surface area contributed by atoms with E-state index < -0.39 is 12.0 Å². The molecule has 1 atom stereocenters. The van der Waals surface area contributed by atoms with E-state index in [2.05, 4.69) is 15.3 Å². The van der Waals surface area contributed by atoms with Crippen LogP contribution in [0.4, 0.5) is 0 Å². The summed E-state index contributed by atoms with van der Waals surface area (Å²) in [5.74, 6) is -0.800. The fourth-order valence-corrected chi connectivity index (χ4v) is 1.33. The summed E-state index contributed by atoms with van der Waals surface area (Å²) in [6.45, 7) is 6.01. The predicted molar refractivity (Wildman–Crippen MR) is 59.9 cm³/mol. The largest absolute Gasteiger partial charge is 0.480 e. The first-order chi connectivity index (χ1) is 7.50. The average molecular weight is 223 g/mol. The second-order valence-corrected chi connectivity index (χ2v) is 4.09. The molecule has 0 aliphatic carbocycles. The minimum absolute atomic E-state index is 0.0379. The van der Waals surface area contributed by atoms with Gasteiger partial charge in [0.05, 0.1) is 11.4 Å². The van der Waals surface area contributed by atoms with Crippen molar-refractivity contribution in [1.82, 2.24) is 15.3 Å². The van der Waals surface area contributed by atoms with E-state index in [9.17, 15) is 4.79 Å². The Labute approximate surface area is 94.9 Å². The highest BCUT2D eigenvalue weighted by Crippen LogP contribution is 2.03. The van der Waals surface area contributed by atoms with Crippen molar-refractivity contribution in [1.29, 1.82) is 0 Å². The molecule has 88 valence electrons. The zero-order valence-corrected chi connectivity index (χ0v) is 9.77. The second kappa shape index (κ2) is 5.55. The zero-order chi connectivity index (χ0) is 12.1. The van der Waals surface area contributed by atoms with Crippen molar-refractivity contribution in [2.24, 2.45) is 5.92 Å². The van der Waals surface area contributed by atoms with Crippen molar-refractivity contribution in [2.75, 3.05) is 0 Å². The summed E-state index contributed by atoms with van der Waals surface area (Å²) in [6.07, 6.45) is 3.32. The van der Waals surface area contributed by atoms with E-state index in [-0.39, 0.29) is 5.92 Å². The Hall–Kier alpha value is -1.49. The molecule has 1 heterocycles. The molecule has 0 aromatic carbocycles. The number of hydrogen-bond acceptors (Lipinski definition) is 4. The highest BCUT2D eigenvalue weighted by molar-refractivity contribution is 5.73. The van der Waals surface area contributed by atoms with Gasteiger partial charge in [0.25, 0.3) is 0 Å². The van der Waals surface area contributed by atoms with Crippen LogP contribution in [0.5, 0.6) is 0 Å². The molecular formula is C11H17N3O2. The number of carboxylic acid groups (broad SMARTS) is 1. The van der Waals surface area contributed by atoms with Crippen LogP contribution in [0.1, 0.15) is 25.2 Å². The van der Waals surface area contributed by atoms with Gasteiger partial charge in [-0.1, -0.05) is 13.8 Å². The Morgan fingerprint density at radius 2 is 2.12 bits per heavy atom. The lowest BCUT2D eigenvalue weighted by molar-refractivity contribution is -0.140. The molecule has 1 rings (SSSR count). The van der Waals surface area contributed by atoms with E-state index in [0.29, 0.717) is 6.54 Å². The molecule has 0 saturated carbocycles. The van der Waals surface area contributed by atoms with Crippen LogP contribution in [0.25, 0.3) is 0 Å². The van der Waals surface area contributed by atoms with Gasteiger partial charge in [0.2, 0.25) is 0 Å². The Morgan fingerprint density at radius 1 is 1.44 bits per heavy atom. The fourth-order valence-electron chi connectivity index (χ4n) is 1.33. The first kappa shape index (κ1) is 12.6. The molecule has 0 radical (unpaired) electrons. The van der Waals surface area contributed by atoms with E-state index in [1.807, 2.05) is 20.8 Å². The Kier molecular flexibility index (Phi) is 4.37. The highest BCUT2D eigenvalue weighted by Gasteiger charge is 2.20. The summed E-state index contributed by atoms with van der Waals surface area (Å²) < 4.78 is 0. The third kappa shape index (κ3) is 3.58. The summed E-state index contributed by atoms with van der Waals surface area (Å²) in [6, 6.07) is -0.553. The second-order valence-electron chi connectivity index (χ2n) is 4.09. The van der Waals surface area contributed by atoms with Gasteiger partial charge in [-0.05, 0) is 12.8 Å². The number of carboxylic acids is 1. The first-order valence-corrected chi connectivity index (χ1v) is 5.24. The summed E-state index contributed by atoms with van der Waals surface area (Å²) in [5.41, 5.74) is 1.60. The normalized spacial score (nSPS) is 12.8. The maximum absolute atomic E-state index is 10.9. The number of nitrogens with zero attached hydrogens (tertiary/aromatic N) is 2. The molecule has 1 aromatic rings. The Bertz CT molecular complexity index is 349. The SMILES string of the molecule is Cc1cnc(CNC(C(=O)O)C(C)C)cn1. The third-order valence-electron chi connectivity index (χ3n) is 2.27. The quantitative estimate of drug-likeness (QED) is 0.778. The smallest absolute Gasteiger partial charge is 0.320 e. The molecular weight excluding hydrogens is 206 g/mol. The number of rotatable bonds is 5. The van der Waals surface area contributed by atoms with Gasteiger partial charge in [0.1, 0.15) is 6.04 Å². The first-order valence-electron chi connectivity index (χ1n) is 5.24. The highest BCUT2D eigenvalue weighted by atomic mass is 16.4. The number of nitrogens with one attached hydrogen (secondary N) is 1. The standard InChI is InChI=1S/C11H17N3O2/c1-7(2)10(11(15)16)14-6-9-5-12-8(3)4-13-9/h4-5,7,10,14H,6H2,1-3H3,(H,15,16). The molecule has 1 aromatic heterocycles. The number of aromatic nitrogens is 2. The topological polar surface area (TPSA) is 75.1 Å². The van der Waals surface area contributed by atoms with Gasteiger partial charge in [-0.25, -0.2) is 0 Å². The molecule has 16 heavy (non-hydrogen) atoms. The number of aryl methyl sites for hydroxylation is 1. The van der Waals surface area contributed by atoms with Crippen LogP contribution in [0.3, 0.4) is 0 Å². The summed E-state index contributed by atoms with van der Waals surface area (Å²) >= 11 is 0. The average Bonchev–Trinajstić information content (AvgIpc) is 2.20. The van der Waals surface area contributed by atoms with Crippen LogP contribution in [0.2, 0.25) is 0 Å². The van der Waals surface area contributed by atoms with Gasteiger partial charge >= 0.3 is 5.97 Å². The van der Waals surface area contributed by atoms with Crippen molar-refractivity contribution in [3.05, 3.63) is 23.8 Å². The summed E-state index contributed by atoms with van der Waals surface area (Å²) in [5, 5.41) is 11.9. The number of aliphatic carboxylic acids is 1. The summed E-state index contributed by atoms with van der Waals surface area (Å²) in [7, 11) is 0. The van der Waals surface area contributed by atoms with Crippen molar-refractivity contribution in [3.8, 4) is 0 Å². The lowest BCUT2D eigenvalue weighted by Crippen LogP contribution is -2.40. The molecule has 0 spiro atoms. The van der Waals surface area contributed by atoms with Crippen LogP contribution in [-0.4, -0.2) is 27.1 Å². The molecule has 0 bridgehead atoms. The zero-order valence-electron chi connectivity index (χ0n) is 9.77. The fraction of sp³-hybridized carbons (Fsp3) is 0.545. The van der Waals surface area contributed by atoms with Gasteiger partial charge in [0.15, 0.2) is 0 Å². The van der Waals surface area contributed by atoms with E-state index in [1.165, 1.54) is 0 Å². The van der Waals surface area contributed by atoms with Crippen molar-refractivity contribution in [3.63, 3.8) is 0 Å². The molecule has 0 fully saturated rings. The van der Waals surface area contributed by atoms with Crippen LogP contribution in [-0.2, 0) is 11.3 Å². The predicted octanol–water partition coefficient (Wildman–Crippen LogP) is 0.984. The van der Waals surface area contributed by atoms with E-state index in [1.54, 1.807) is 12.4 Å². The minimum atomic E-state index is -0.838. The molecule has 0 aliphatic heterocycles. The number of carbonyl (C=O) groups is 1. The Balaban J connectivity index is 2.55. The van der Waals surface area contributed by atoms with Crippen LogP contribution >= 0.6 is 0 Å². The van der Waals surface area contributed by atoms with Crippen molar-refractivity contribution < 1.29 is 9.90 Å². The lowest BCUT2D eigenvalue weighted by Gasteiger charge is -2.17. The van der Waals surface area contributed by atoms with Crippen LogP contribution in [0.15, 0.2) is 12.4 Å². The van der Waals surface area contributed by atoms with Crippen molar-refractivity contribution >= 4 is 5.97 Å². The Morgan fingerprint density at radius 3 is 2.56 bits per heavy atom. The van der Waals surface area contributed by atoms with Gasteiger partial charge in [-0.2, -0.15) is 0 Å². The molecule has 5 heteroatoms. The van der Waals surface area contributed by atoms with E-state index >= 15 is 0 Å². The minimum Gasteiger partial charge on any atom is -0.480 e. The molecule has 5 nitrogen and oxygen atoms in total. The lowest BCUT2D eigenvalue weighted by atomic mass is 10.0. The van der Waals surface area contributed by atoms with Crippen LogP contribution in [0, 0.1) is 12.8 Å². The van der Waals surface area contributed by atoms with Gasteiger partial charge < -0.3 is 5.11 Å². The molecule has 1 unspecified atom stereocenters. The molecule has 2 N–H and O–H groups in total. The maximum Gasteiger partial charge on any atom is 0.320 e. The monoisotopic (exact) mass is 223 g/mol. The van der Waals surface area contributed by atoms with Crippen LogP contribution < -0.4 is 5.32 Å². The third-order valence-corrected chi connectivity index (χ3v) is 2.27. The summed E-state index contributed by atoms with van der Waals surface area (Å²) in [4.78, 5) is 19.2.